The molecule has 0 unspecified atom stereocenters. The number of hydrogen-bond acceptors (Lipinski definition) is 4. The van der Waals surface area contributed by atoms with Crippen molar-refractivity contribution < 1.29 is 13.5 Å². The Kier molecular flexibility index (Phi) is 4.10. The summed E-state index contributed by atoms with van der Waals surface area (Å²) < 4.78 is 28.3. The van der Waals surface area contributed by atoms with Crippen LogP contribution >= 0.6 is 0 Å². The van der Waals surface area contributed by atoms with Crippen molar-refractivity contribution in [2.45, 2.75) is 25.3 Å². The van der Waals surface area contributed by atoms with Crippen LogP contribution in [0.2, 0.25) is 0 Å². The normalized spacial score (nSPS) is 11.6. The second-order valence-electron chi connectivity index (χ2n) is 4.64. The van der Waals surface area contributed by atoms with E-state index in [2.05, 4.69) is 9.82 Å². The molecule has 0 saturated heterocycles. The number of rotatable bonds is 5. The minimum Gasteiger partial charge on any atom is -0.394 e. The van der Waals surface area contributed by atoms with E-state index in [1.807, 2.05) is 19.9 Å². The first-order valence-electron chi connectivity index (χ1n) is 6.15. The predicted molar refractivity (Wildman–Crippen MR) is 76.0 cm³/mol. The molecule has 0 saturated carbocycles. The van der Waals surface area contributed by atoms with Crippen LogP contribution in [0, 0.1) is 13.8 Å². The zero-order chi connectivity index (χ0) is 14.8. The molecule has 0 radical (unpaired) electrons. The van der Waals surface area contributed by atoms with Crippen molar-refractivity contribution in [3.8, 4) is 0 Å². The monoisotopic (exact) mass is 295 g/mol. The Labute approximate surface area is 118 Å². The molecule has 20 heavy (non-hydrogen) atoms. The third kappa shape index (κ3) is 3.37. The zero-order valence-electron chi connectivity index (χ0n) is 11.4. The van der Waals surface area contributed by atoms with Crippen molar-refractivity contribution in [3.05, 3.63) is 41.7 Å². The quantitative estimate of drug-likeness (QED) is 0.870. The molecule has 2 aromatic rings. The number of aromatic nitrogens is 2. The number of aryl methyl sites for hydroxylation is 2. The van der Waals surface area contributed by atoms with E-state index in [4.69, 9.17) is 5.11 Å². The number of aliphatic hydroxyl groups is 1. The molecule has 0 fully saturated rings. The number of nitrogens with zero attached hydrogens (tertiary/aromatic N) is 2. The van der Waals surface area contributed by atoms with E-state index in [-0.39, 0.29) is 18.0 Å². The summed E-state index contributed by atoms with van der Waals surface area (Å²) in [5, 5.41) is 12.7. The maximum atomic E-state index is 12.2. The van der Waals surface area contributed by atoms with Gasteiger partial charge in [0.2, 0.25) is 0 Å². The van der Waals surface area contributed by atoms with Gasteiger partial charge in [-0.3, -0.25) is 9.40 Å². The SMILES string of the molecule is Cc1cc(C)cc(NS(=O)(=O)c2cnn(CCO)c2)c1. The van der Waals surface area contributed by atoms with Gasteiger partial charge in [0.1, 0.15) is 4.90 Å². The summed E-state index contributed by atoms with van der Waals surface area (Å²) in [6.45, 7) is 3.99. The zero-order valence-corrected chi connectivity index (χ0v) is 12.2. The molecule has 0 bridgehead atoms. The largest absolute Gasteiger partial charge is 0.394 e. The lowest BCUT2D eigenvalue weighted by molar-refractivity contribution is 0.269. The van der Waals surface area contributed by atoms with Crippen molar-refractivity contribution in [2.75, 3.05) is 11.3 Å². The highest BCUT2D eigenvalue weighted by molar-refractivity contribution is 7.92. The van der Waals surface area contributed by atoms with Crippen LogP contribution in [-0.4, -0.2) is 29.9 Å². The first-order chi connectivity index (χ1) is 9.40. The average molecular weight is 295 g/mol. The topological polar surface area (TPSA) is 84.2 Å². The van der Waals surface area contributed by atoms with Gasteiger partial charge in [0, 0.05) is 11.9 Å². The van der Waals surface area contributed by atoms with Crippen LogP contribution in [0.3, 0.4) is 0 Å². The second kappa shape index (κ2) is 5.64. The molecule has 2 rings (SSSR count). The maximum Gasteiger partial charge on any atom is 0.265 e. The number of anilines is 1. The standard InChI is InChI=1S/C13H17N3O3S/c1-10-5-11(2)7-12(6-10)15-20(18,19)13-8-14-16(9-13)3-4-17/h5-9,15,17H,3-4H2,1-2H3. The van der Waals surface area contributed by atoms with Crippen LogP contribution < -0.4 is 4.72 Å². The van der Waals surface area contributed by atoms with Gasteiger partial charge in [0.25, 0.3) is 10.0 Å². The number of aliphatic hydroxyl groups excluding tert-OH is 1. The summed E-state index contributed by atoms with van der Waals surface area (Å²) in [4.78, 5) is 0.0742. The number of sulfonamides is 1. The molecule has 2 N–H and O–H groups in total. The summed E-state index contributed by atoms with van der Waals surface area (Å²) in [5.41, 5.74) is 2.50. The summed E-state index contributed by atoms with van der Waals surface area (Å²) >= 11 is 0. The van der Waals surface area contributed by atoms with Gasteiger partial charge in [0.05, 0.1) is 19.3 Å². The van der Waals surface area contributed by atoms with E-state index in [1.54, 1.807) is 12.1 Å². The van der Waals surface area contributed by atoms with Gasteiger partial charge in [0.15, 0.2) is 0 Å². The van der Waals surface area contributed by atoms with Crippen LogP contribution in [0.1, 0.15) is 11.1 Å². The third-order valence-corrected chi connectivity index (χ3v) is 4.06. The summed E-state index contributed by atoms with van der Waals surface area (Å²) in [6, 6.07) is 5.50. The number of benzene rings is 1. The van der Waals surface area contributed by atoms with Crippen LogP contribution in [0.25, 0.3) is 0 Å². The molecule has 7 heteroatoms. The fourth-order valence-electron chi connectivity index (χ4n) is 1.96. The lowest BCUT2D eigenvalue weighted by Gasteiger charge is -2.08. The highest BCUT2D eigenvalue weighted by atomic mass is 32.2. The fourth-order valence-corrected chi connectivity index (χ4v) is 2.95. The van der Waals surface area contributed by atoms with Crippen molar-refractivity contribution in [2.24, 2.45) is 0 Å². The van der Waals surface area contributed by atoms with Gasteiger partial charge in [-0.05, 0) is 37.1 Å². The minimum atomic E-state index is -3.66. The molecular weight excluding hydrogens is 278 g/mol. The van der Waals surface area contributed by atoms with Crippen LogP contribution in [-0.2, 0) is 16.6 Å². The van der Waals surface area contributed by atoms with Gasteiger partial charge in [-0.2, -0.15) is 5.10 Å². The molecule has 0 aliphatic carbocycles. The van der Waals surface area contributed by atoms with Crippen LogP contribution in [0.15, 0.2) is 35.5 Å². The number of nitrogens with one attached hydrogen (secondary N) is 1. The van der Waals surface area contributed by atoms with Gasteiger partial charge < -0.3 is 5.11 Å². The molecule has 1 aromatic heterocycles. The average Bonchev–Trinajstić information content (AvgIpc) is 2.76. The highest BCUT2D eigenvalue weighted by Crippen LogP contribution is 2.18. The van der Waals surface area contributed by atoms with E-state index >= 15 is 0 Å². The molecule has 108 valence electrons. The van der Waals surface area contributed by atoms with Crippen molar-refractivity contribution >= 4 is 15.7 Å². The molecule has 0 atom stereocenters. The first-order valence-corrected chi connectivity index (χ1v) is 7.63. The Morgan fingerprint density at radius 3 is 2.50 bits per heavy atom. The fraction of sp³-hybridized carbons (Fsp3) is 0.308. The maximum absolute atomic E-state index is 12.2. The third-order valence-electron chi connectivity index (χ3n) is 2.72. The minimum absolute atomic E-state index is 0.0742. The Balaban J connectivity index is 2.25. The summed E-state index contributed by atoms with van der Waals surface area (Å²) in [7, 11) is -3.66. The van der Waals surface area contributed by atoms with E-state index < -0.39 is 10.0 Å². The van der Waals surface area contributed by atoms with E-state index in [0.29, 0.717) is 5.69 Å². The van der Waals surface area contributed by atoms with Gasteiger partial charge >= 0.3 is 0 Å². The Hall–Kier alpha value is -1.86. The molecule has 0 spiro atoms. The number of hydrogen-bond donors (Lipinski definition) is 2. The van der Waals surface area contributed by atoms with E-state index in [9.17, 15) is 8.42 Å². The molecule has 1 heterocycles. The summed E-state index contributed by atoms with van der Waals surface area (Å²) in [5.74, 6) is 0. The van der Waals surface area contributed by atoms with E-state index in [0.717, 1.165) is 11.1 Å². The highest BCUT2D eigenvalue weighted by Gasteiger charge is 2.16. The molecule has 0 aliphatic heterocycles. The lowest BCUT2D eigenvalue weighted by Crippen LogP contribution is -2.12. The second-order valence-corrected chi connectivity index (χ2v) is 6.33. The molecule has 0 amide bonds. The molecular formula is C13H17N3O3S. The van der Waals surface area contributed by atoms with Gasteiger partial charge in [-0.15, -0.1) is 0 Å². The predicted octanol–water partition coefficient (Wildman–Crippen LogP) is 1.29. The van der Waals surface area contributed by atoms with Crippen molar-refractivity contribution in [1.29, 1.82) is 0 Å². The van der Waals surface area contributed by atoms with Crippen LogP contribution in [0.5, 0.6) is 0 Å². The smallest absolute Gasteiger partial charge is 0.265 e. The molecule has 0 aliphatic rings. The van der Waals surface area contributed by atoms with Gasteiger partial charge in [-0.1, -0.05) is 6.07 Å². The van der Waals surface area contributed by atoms with Crippen molar-refractivity contribution in [1.82, 2.24) is 9.78 Å². The molecule has 1 aromatic carbocycles. The first kappa shape index (κ1) is 14.5. The van der Waals surface area contributed by atoms with E-state index in [1.165, 1.54) is 17.1 Å². The van der Waals surface area contributed by atoms with Gasteiger partial charge in [-0.25, -0.2) is 8.42 Å². The van der Waals surface area contributed by atoms with Crippen molar-refractivity contribution in [3.63, 3.8) is 0 Å². The molecule has 6 nitrogen and oxygen atoms in total. The Morgan fingerprint density at radius 1 is 1.25 bits per heavy atom. The lowest BCUT2D eigenvalue weighted by atomic mass is 10.1. The summed E-state index contributed by atoms with van der Waals surface area (Å²) in [6.07, 6.45) is 2.65. The Bertz CT molecular complexity index is 687. The Morgan fingerprint density at radius 2 is 1.90 bits per heavy atom. The van der Waals surface area contributed by atoms with Crippen LogP contribution in [0.4, 0.5) is 5.69 Å².